The number of nitrogens with zero attached hydrogens (tertiary/aromatic N) is 2. The monoisotopic (exact) mass is 560 g/mol. The normalized spacial score (nSPS) is 17.9. The zero-order chi connectivity index (χ0) is 28.2. The molecule has 2 amide bonds. The Morgan fingerprint density at radius 3 is 2.55 bits per heavy atom. The van der Waals surface area contributed by atoms with Crippen LogP contribution in [0.4, 0.5) is 10.1 Å². The Morgan fingerprint density at radius 1 is 1.02 bits per heavy atom. The quantitative estimate of drug-likeness (QED) is 0.273. The molecule has 1 aromatic heterocycles. The highest BCUT2D eigenvalue weighted by atomic mass is 35.5. The first-order chi connectivity index (χ1) is 19.2. The summed E-state index contributed by atoms with van der Waals surface area (Å²) in [6.07, 6.45) is 0.408. The molecule has 2 aliphatic heterocycles. The molecule has 0 aliphatic carbocycles. The standard InChI is InChI=1S/C31H26ClFN2O5/c1-18(2)39-15-7-14-35-29(37)28-26(27(36)21-16-20(32)12-13-25(21)40-28)31(35)22-9-4-6-11-24(22)34(30(31)38)17-19-8-3-5-10-23(19)33/h3-6,8-13,16,18H,7,14-15,17H2,1-2H3. The van der Waals surface area contributed by atoms with Crippen molar-refractivity contribution >= 4 is 40.1 Å². The third kappa shape index (κ3) is 3.85. The van der Waals surface area contributed by atoms with Crippen LogP contribution in [0.2, 0.25) is 5.02 Å². The van der Waals surface area contributed by atoms with Gasteiger partial charge in [-0.25, -0.2) is 4.39 Å². The molecule has 1 spiro atoms. The molecular weight excluding hydrogens is 535 g/mol. The van der Waals surface area contributed by atoms with Crippen molar-refractivity contribution in [1.82, 2.24) is 4.90 Å². The predicted octanol–water partition coefficient (Wildman–Crippen LogP) is 5.65. The number of benzene rings is 3. The van der Waals surface area contributed by atoms with E-state index in [1.807, 2.05) is 13.8 Å². The minimum Gasteiger partial charge on any atom is -0.450 e. The van der Waals surface area contributed by atoms with Gasteiger partial charge in [0, 0.05) is 29.3 Å². The molecule has 0 N–H and O–H groups in total. The van der Waals surface area contributed by atoms with E-state index < -0.39 is 28.6 Å². The highest BCUT2D eigenvalue weighted by Gasteiger charge is 2.64. The molecule has 2 aliphatic rings. The van der Waals surface area contributed by atoms with E-state index in [2.05, 4.69) is 0 Å². The van der Waals surface area contributed by atoms with Crippen molar-refractivity contribution < 1.29 is 23.1 Å². The average molecular weight is 561 g/mol. The van der Waals surface area contributed by atoms with Gasteiger partial charge in [0.2, 0.25) is 5.76 Å². The number of para-hydroxylation sites is 1. The van der Waals surface area contributed by atoms with Crippen molar-refractivity contribution in [3.05, 3.63) is 110 Å². The second-order valence-corrected chi connectivity index (χ2v) is 10.7. The zero-order valence-electron chi connectivity index (χ0n) is 21.9. The summed E-state index contributed by atoms with van der Waals surface area (Å²) in [5, 5.41) is 0.487. The van der Waals surface area contributed by atoms with Gasteiger partial charge in [-0.3, -0.25) is 14.4 Å². The van der Waals surface area contributed by atoms with Crippen molar-refractivity contribution in [2.75, 3.05) is 18.1 Å². The van der Waals surface area contributed by atoms with Crippen LogP contribution in [-0.2, 0) is 21.6 Å². The van der Waals surface area contributed by atoms with Gasteiger partial charge in [0.1, 0.15) is 11.4 Å². The second kappa shape index (κ2) is 9.87. The van der Waals surface area contributed by atoms with Gasteiger partial charge in [-0.2, -0.15) is 0 Å². The SMILES string of the molecule is CC(C)OCCCN1C(=O)c2oc3ccc(Cl)cc3c(=O)c2C12C(=O)N(Cc1ccccc1F)c1ccccc12. The van der Waals surface area contributed by atoms with E-state index in [0.29, 0.717) is 34.9 Å². The highest BCUT2D eigenvalue weighted by molar-refractivity contribution is 6.31. The molecule has 0 saturated heterocycles. The van der Waals surface area contributed by atoms with Crippen molar-refractivity contribution in [2.45, 2.75) is 38.5 Å². The summed E-state index contributed by atoms with van der Waals surface area (Å²) >= 11 is 6.22. The van der Waals surface area contributed by atoms with Gasteiger partial charge in [0.15, 0.2) is 11.0 Å². The van der Waals surface area contributed by atoms with Crippen LogP contribution in [0.5, 0.6) is 0 Å². The second-order valence-electron chi connectivity index (χ2n) is 10.2. The summed E-state index contributed by atoms with van der Waals surface area (Å²) in [5.74, 6) is -1.73. The lowest BCUT2D eigenvalue weighted by molar-refractivity contribution is -0.126. The average Bonchev–Trinajstić information content (AvgIpc) is 3.32. The molecule has 9 heteroatoms. The van der Waals surface area contributed by atoms with Gasteiger partial charge in [0.25, 0.3) is 11.8 Å². The fraction of sp³-hybridized carbons (Fsp3) is 0.258. The van der Waals surface area contributed by atoms with Crippen LogP contribution >= 0.6 is 11.6 Å². The van der Waals surface area contributed by atoms with E-state index >= 15 is 0 Å². The van der Waals surface area contributed by atoms with Crippen molar-refractivity contribution in [3.63, 3.8) is 0 Å². The molecule has 0 radical (unpaired) electrons. The maximum Gasteiger partial charge on any atom is 0.291 e. The van der Waals surface area contributed by atoms with Crippen LogP contribution in [0.25, 0.3) is 11.0 Å². The molecule has 204 valence electrons. The number of fused-ring (bicyclic) bond motifs is 5. The van der Waals surface area contributed by atoms with Gasteiger partial charge < -0.3 is 19.0 Å². The fourth-order valence-corrected chi connectivity index (χ4v) is 5.93. The molecule has 1 atom stereocenters. The molecule has 1 unspecified atom stereocenters. The number of carbonyl (C=O) groups is 2. The molecule has 6 rings (SSSR count). The molecule has 0 saturated carbocycles. The Bertz CT molecular complexity index is 1730. The predicted molar refractivity (Wildman–Crippen MR) is 149 cm³/mol. The molecule has 3 aromatic carbocycles. The number of carbonyl (C=O) groups excluding carboxylic acids is 2. The Labute approximate surface area is 234 Å². The Balaban J connectivity index is 1.58. The number of anilines is 1. The van der Waals surface area contributed by atoms with E-state index in [4.69, 9.17) is 20.8 Å². The topological polar surface area (TPSA) is 80.1 Å². The summed E-state index contributed by atoms with van der Waals surface area (Å²) in [6, 6.07) is 17.8. The van der Waals surface area contributed by atoms with Gasteiger partial charge in [-0.05, 0) is 50.6 Å². The maximum absolute atomic E-state index is 14.7. The van der Waals surface area contributed by atoms with E-state index in [9.17, 15) is 18.8 Å². The van der Waals surface area contributed by atoms with E-state index in [1.54, 1.807) is 48.5 Å². The number of halogens is 2. The van der Waals surface area contributed by atoms with Gasteiger partial charge in [-0.1, -0.05) is 48.0 Å². The number of hydrogen-bond acceptors (Lipinski definition) is 5. The largest absolute Gasteiger partial charge is 0.450 e. The first-order valence-electron chi connectivity index (χ1n) is 13.1. The molecular formula is C31H26ClFN2O5. The third-order valence-electron chi connectivity index (χ3n) is 7.46. The lowest BCUT2D eigenvalue weighted by Crippen LogP contribution is -2.53. The van der Waals surface area contributed by atoms with Crippen LogP contribution < -0.4 is 10.3 Å². The van der Waals surface area contributed by atoms with Gasteiger partial charge in [-0.15, -0.1) is 0 Å². The Morgan fingerprint density at radius 2 is 1.77 bits per heavy atom. The summed E-state index contributed by atoms with van der Waals surface area (Å²) in [5.41, 5.74) is -0.893. The Kier molecular flexibility index (Phi) is 6.47. The number of amides is 2. The summed E-state index contributed by atoms with van der Waals surface area (Å²) < 4.78 is 26.5. The van der Waals surface area contributed by atoms with Crippen molar-refractivity contribution in [2.24, 2.45) is 0 Å². The Hall–Kier alpha value is -4.01. The van der Waals surface area contributed by atoms with E-state index in [1.165, 1.54) is 28.0 Å². The first-order valence-corrected chi connectivity index (χ1v) is 13.5. The lowest BCUT2D eigenvalue weighted by Gasteiger charge is -2.34. The molecule has 40 heavy (non-hydrogen) atoms. The summed E-state index contributed by atoms with van der Waals surface area (Å²) in [6.45, 7) is 4.22. The van der Waals surface area contributed by atoms with Gasteiger partial charge >= 0.3 is 0 Å². The van der Waals surface area contributed by atoms with Crippen LogP contribution in [0, 0.1) is 5.82 Å². The van der Waals surface area contributed by atoms with Gasteiger partial charge in [0.05, 0.1) is 29.3 Å². The molecule has 0 bridgehead atoms. The molecule has 4 aromatic rings. The fourth-order valence-electron chi connectivity index (χ4n) is 5.76. The van der Waals surface area contributed by atoms with E-state index in [0.717, 1.165) is 0 Å². The molecule has 3 heterocycles. The maximum atomic E-state index is 14.7. The number of ether oxygens (including phenoxy) is 1. The summed E-state index contributed by atoms with van der Waals surface area (Å²) in [7, 11) is 0. The van der Waals surface area contributed by atoms with E-state index in [-0.39, 0.29) is 41.5 Å². The lowest BCUT2D eigenvalue weighted by atomic mass is 9.84. The first kappa shape index (κ1) is 26.2. The molecule has 7 nitrogen and oxygen atoms in total. The van der Waals surface area contributed by atoms with Crippen LogP contribution in [0.3, 0.4) is 0 Å². The van der Waals surface area contributed by atoms with Crippen LogP contribution in [0.15, 0.2) is 75.9 Å². The minimum absolute atomic E-state index is 0.0103. The number of rotatable bonds is 7. The van der Waals surface area contributed by atoms with Crippen LogP contribution in [0.1, 0.15) is 47.5 Å². The van der Waals surface area contributed by atoms with Crippen molar-refractivity contribution in [1.29, 1.82) is 0 Å². The molecule has 0 fully saturated rings. The minimum atomic E-state index is -1.79. The third-order valence-corrected chi connectivity index (χ3v) is 7.70. The summed E-state index contributed by atoms with van der Waals surface area (Å²) in [4.78, 5) is 45.7. The highest BCUT2D eigenvalue weighted by Crippen LogP contribution is 2.53. The smallest absolute Gasteiger partial charge is 0.291 e. The van der Waals surface area contributed by atoms with Crippen LogP contribution in [-0.4, -0.2) is 36.0 Å². The number of hydrogen-bond donors (Lipinski definition) is 0. The van der Waals surface area contributed by atoms with Crippen molar-refractivity contribution in [3.8, 4) is 0 Å². The zero-order valence-corrected chi connectivity index (χ0v) is 22.7.